The minimum absolute atomic E-state index is 0.0656. The second-order valence-electron chi connectivity index (χ2n) is 4.62. The summed E-state index contributed by atoms with van der Waals surface area (Å²) in [5, 5.41) is 0.587. The minimum atomic E-state index is -0.304. The highest BCUT2D eigenvalue weighted by Gasteiger charge is 2.12. The van der Waals surface area contributed by atoms with Crippen molar-refractivity contribution >= 4 is 34.6 Å². The molecule has 0 unspecified atom stereocenters. The van der Waals surface area contributed by atoms with Crippen molar-refractivity contribution in [2.24, 2.45) is 0 Å². The number of fused-ring (bicyclic) bond motifs is 1. The van der Waals surface area contributed by atoms with Crippen LogP contribution in [0.25, 0.3) is 11.0 Å². The predicted octanol–water partition coefficient (Wildman–Crippen LogP) is 3.01. The zero-order valence-corrected chi connectivity index (χ0v) is 12.2. The molecule has 0 aliphatic heterocycles. The molecule has 0 radical (unpaired) electrons. The third kappa shape index (κ3) is 3.42. The highest BCUT2D eigenvalue weighted by Crippen LogP contribution is 2.21. The first kappa shape index (κ1) is 14.7. The van der Waals surface area contributed by atoms with Crippen LogP contribution in [0.4, 0.5) is 5.95 Å². The third-order valence-corrected chi connectivity index (χ3v) is 3.27. The molecule has 0 saturated heterocycles. The van der Waals surface area contributed by atoms with Crippen LogP contribution in [0, 0.1) is 0 Å². The number of carbonyl (C=O) groups is 1. The van der Waals surface area contributed by atoms with Gasteiger partial charge >= 0.3 is 5.97 Å². The minimum Gasteiger partial charge on any atom is -0.464 e. The first-order valence-corrected chi connectivity index (χ1v) is 7.06. The fraction of sp³-hybridized carbons (Fsp3) is 0.429. The van der Waals surface area contributed by atoms with Gasteiger partial charge in [0.05, 0.1) is 17.6 Å². The molecule has 1 aromatic carbocycles. The van der Waals surface area contributed by atoms with Gasteiger partial charge in [0.1, 0.15) is 6.54 Å². The van der Waals surface area contributed by atoms with Crippen molar-refractivity contribution < 1.29 is 9.53 Å². The Balaban J connectivity index is 2.05. The molecule has 2 rings (SSSR count). The Morgan fingerprint density at radius 3 is 3.00 bits per heavy atom. The number of benzene rings is 1. The summed E-state index contributed by atoms with van der Waals surface area (Å²) in [5.74, 6) is -0.0187. The van der Waals surface area contributed by atoms with Crippen molar-refractivity contribution in [3.8, 4) is 0 Å². The average Bonchev–Trinajstić information content (AvgIpc) is 2.70. The van der Waals surface area contributed by atoms with E-state index in [0.717, 1.165) is 24.8 Å². The molecule has 0 atom stereocenters. The lowest BCUT2D eigenvalue weighted by Gasteiger charge is -2.07. The van der Waals surface area contributed by atoms with Crippen molar-refractivity contribution in [2.45, 2.75) is 32.7 Å². The summed E-state index contributed by atoms with van der Waals surface area (Å²) in [7, 11) is 0. The van der Waals surface area contributed by atoms with Gasteiger partial charge in [-0.05, 0) is 24.6 Å². The van der Waals surface area contributed by atoms with Crippen molar-refractivity contribution in [2.75, 3.05) is 12.3 Å². The Morgan fingerprint density at radius 1 is 1.45 bits per heavy atom. The maximum atomic E-state index is 11.8. The SMILES string of the molecule is CCCCCOC(=O)Cn1c(N)nc2cc(Cl)ccc21. The Bertz CT molecular complexity index is 610. The maximum absolute atomic E-state index is 11.8. The Hall–Kier alpha value is -1.75. The molecule has 0 bridgehead atoms. The molecular weight excluding hydrogens is 278 g/mol. The van der Waals surface area contributed by atoms with E-state index in [0.29, 0.717) is 17.1 Å². The molecule has 5 nitrogen and oxygen atoms in total. The van der Waals surface area contributed by atoms with Gasteiger partial charge in [0.2, 0.25) is 5.95 Å². The topological polar surface area (TPSA) is 70.1 Å². The first-order valence-electron chi connectivity index (χ1n) is 6.68. The van der Waals surface area contributed by atoms with Gasteiger partial charge < -0.3 is 10.5 Å². The number of carbonyl (C=O) groups excluding carboxylic acids is 1. The van der Waals surface area contributed by atoms with Crippen molar-refractivity contribution in [1.82, 2.24) is 9.55 Å². The lowest BCUT2D eigenvalue weighted by Crippen LogP contribution is -2.15. The van der Waals surface area contributed by atoms with Gasteiger partial charge in [0, 0.05) is 5.02 Å². The van der Waals surface area contributed by atoms with Gasteiger partial charge in [-0.3, -0.25) is 9.36 Å². The smallest absolute Gasteiger partial charge is 0.326 e. The second-order valence-corrected chi connectivity index (χ2v) is 5.05. The monoisotopic (exact) mass is 295 g/mol. The number of hydrogen-bond donors (Lipinski definition) is 1. The van der Waals surface area contributed by atoms with Gasteiger partial charge in [-0.2, -0.15) is 0 Å². The lowest BCUT2D eigenvalue weighted by atomic mass is 10.3. The van der Waals surface area contributed by atoms with E-state index >= 15 is 0 Å². The number of imidazole rings is 1. The summed E-state index contributed by atoms with van der Waals surface area (Å²) >= 11 is 5.90. The number of nitrogen functional groups attached to an aromatic ring is 1. The fourth-order valence-corrected chi connectivity index (χ4v) is 2.17. The number of ether oxygens (including phenoxy) is 1. The van der Waals surface area contributed by atoms with Gasteiger partial charge in [0.25, 0.3) is 0 Å². The summed E-state index contributed by atoms with van der Waals surface area (Å²) in [4.78, 5) is 16.0. The number of anilines is 1. The van der Waals surface area contributed by atoms with Crippen molar-refractivity contribution in [3.63, 3.8) is 0 Å². The molecule has 1 aromatic heterocycles. The summed E-state index contributed by atoms with van der Waals surface area (Å²) in [6.45, 7) is 2.62. The van der Waals surface area contributed by atoms with Gasteiger partial charge in [-0.25, -0.2) is 4.98 Å². The van der Waals surface area contributed by atoms with Crippen molar-refractivity contribution in [3.05, 3.63) is 23.2 Å². The van der Waals surface area contributed by atoms with Crippen molar-refractivity contribution in [1.29, 1.82) is 0 Å². The summed E-state index contributed by atoms with van der Waals surface area (Å²) in [5.41, 5.74) is 7.28. The number of unbranched alkanes of at least 4 members (excludes halogenated alkanes) is 2. The number of rotatable bonds is 6. The average molecular weight is 296 g/mol. The molecule has 0 aliphatic carbocycles. The first-order chi connectivity index (χ1) is 9.61. The predicted molar refractivity (Wildman–Crippen MR) is 79.6 cm³/mol. The Kier molecular flexibility index (Phi) is 4.84. The number of esters is 1. The molecule has 0 fully saturated rings. The quantitative estimate of drug-likeness (QED) is 0.657. The number of hydrogen-bond acceptors (Lipinski definition) is 4. The summed E-state index contributed by atoms with van der Waals surface area (Å²) < 4.78 is 6.81. The molecule has 2 N–H and O–H groups in total. The zero-order valence-electron chi connectivity index (χ0n) is 11.4. The van der Waals surface area contributed by atoms with Gasteiger partial charge in [0.15, 0.2) is 0 Å². The highest BCUT2D eigenvalue weighted by atomic mass is 35.5. The largest absolute Gasteiger partial charge is 0.464 e. The van der Waals surface area contributed by atoms with Crippen LogP contribution in [0.15, 0.2) is 18.2 Å². The molecular formula is C14H18ClN3O2. The number of halogens is 1. The van der Waals surface area contributed by atoms with Gasteiger partial charge in [-0.1, -0.05) is 31.4 Å². The molecule has 0 spiro atoms. The molecule has 0 amide bonds. The second kappa shape index (κ2) is 6.61. The van der Waals surface area contributed by atoms with Gasteiger partial charge in [-0.15, -0.1) is 0 Å². The van der Waals surface area contributed by atoms with E-state index in [1.54, 1.807) is 22.8 Å². The summed E-state index contributed by atoms with van der Waals surface area (Å²) in [6, 6.07) is 5.26. The van der Waals surface area contributed by atoms with Crippen LogP contribution < -0.4 is 5.73 Å². The maximum Gasteiger partial charge on any atom is 0.326 e. The van der Waals surface area contributed by atoms with E-state index in [9.17, 15) is 4.79 Å². The molecule has 6 heteroatoms. The number of aromatic nitrogens is 2. The molecule has 0 aliphatic rings. The lowest BCUT2D eigenvalue weighted by molar-refractivity contribution is -0.144. The van der Waals surface area contributed by atoms with Crippen LogP contribution in [0.2, 0.25) is 5.02 Å². The molecule has 1 heterocycles. The normalized spacial score (nSPS) is 10.9. The Morgan fingerprint density at radius 2 is 2.25 bits per heavy atom. The highest BCUT2D eigenvalue weighted by molar-refractivity contribution is 6.31. The molecule has 2 aromatic rings. The van der Waals surface area contributed by atoms with Crippen LogP contribution >= 0.6 is 11.6 Å². The Labute approximate surface area is 122 Å². The third-order valence-electron chi connectivity index (χ3n) is 3.04. The van der Waals surface area contributed by atoms with Crippen LogP contribution in [-0.4, -0.2) is 22.1 Å². The van der Waals surface area contributed by atoms with Crippen LogP contribution in [0.1, 0.15) is 26.2 Å². The standard InChI is InChI=1S/C14H18ClN3O2/c1-2-3-4-7-20-13(19)9-18-12-6-5-10(15)8-11(12)17-14(18)16/h5-6,8H,2-4,7,9H2,1H3,(H2,16,17). The molecule has 20 heavy (non-hydrogen) atoms. The van der Waals surface area contributed by atoms with Crippen LogP contribution in [-0.2, 0) is 16.1 Å². The van der Waals surface area contributed by atoms with Crippen LogP contribution in [0.3, 0.4) is 0 Å². The number of nitrogens with two attached hydrogens (primary N) is 1. The van der Waals surface area contributed by atoms with E-state index < -0.39 is 0 Å². The van der Waals surface area contributed by atoms with E-state index in [4.69, 9.17) is 22.1 Å². The van der Waals surface area contributed by atoms with E-state index in [1.807, 2.05) is 0 Å². The fourth-order valence-electron chi connectivity index (χ4n) is 2.00. The summed E-state index contributed by atoms with van der Waals surface area (Å²) in [6.07, 6.45) is 3.04. The van der Waals surface area contributed by atoms with E-state index in [-0.39, 0.29) is 18.5 Å². The van der Waals surface area contributed by atoms with E-state index in [2.05, 4.69) is 11.9 Å². The van der Waals surface area contributed by atoms with E-state index in [1.165, 1.54) is 0 Å². The number of nitrogens with zero attached hydrogens (tertiary/aromatic N) is 2. The molecule has 0 saturated carbocycles. The zero-order chi connectivity index (χ0) is 14.5. The van der Waals surface area contributed by atoms with Crippen LogP contribution in [0.5, 0.6) is 0 Å². The molecule has 108 valence electrons.